The molecular formula is C19H22N4. The molecule has 0 atom stereocenters. The molecule has 3 aromatic rings. The predicted molar refractivity (Wildman–Crippen MR) is 93.6 cm³/mol. The van der Waals surface area contributed by atoms with Gasteiger partial charge in [-0.05, 0) is 36.8 Å². The first-order valence-electron chi connectivity index (χ1n) is 8.36. The lowest BCUT2D eigenvalue weighted by Crippen LogP contribution is -2.35. The van der Waals surface area contributed by atoms with Crippen molar-refractivity contribution in [1.82, 2.24) is 14.5 Å². The first kappa shape index (κ1) is 14.2. The van der Waals surface area contributed by atoms with Crippen molar-refractivity contribution in [2.75, 3.05) is 18.0 Å². The minimum atomic E-state index is 0.779. The number of anilines is 1. The van der Waals surface area contributed by atoms with E-state index in [2.05, 4.69) is 62.0 Å². The lowest BCUT2D eigenvalue weighted by Gasteiger charge is -2.33. The van der Waals surface area contributed by atoms with Gasteiger partial charge in [-0.3, -0.25) is 0 Å². The number of piperidine rings is 1. The highest BCUT2D eigenvalue weighted by atomic mass is 15.2. The van der Waals surface area contributed by atoms with E-state index in [1.54, 1.807) is 6.33 Å². The highest BCUT2D eigenvalue weighted by Crippen LogP contribution is 2.28. The molecule has 1 aliphatic heterocycles. The molecule has 4 heteroatoms. The second kappa shape index (κ2) is 6.03. The highest BCUT2D eigenvalue weighted by molar-refractivity contribution is 5.87. The van der Waals surface area contributed by atoms with Crippen LogP contribution in [-0.2, 0) is 13.5 Å². The Labute approximate surface area is 136 Å². The molecule has 118 valence electrons. The van der Waals surface area contributed by atoms with E-state index < -0.39 is 0 Å². The Balaban J connectivity index is 1.47. The topological polar surface area (TPSA) is 34.0 Å². The second-order valence-electron chi connectivity index (χ2n) is 6.48. The highest BCUT2D eigenvalue weighted by Gasteiger charge is 2.22. The smallest absolute Gasteiger partial charge is 0.145 e. The van der Waals surface area contributed by atoms with E-state index in [0.717, 1.165) is 35.9 Å². The van der Waals surface area contributed by atoms with Crippen LogP contribution in [0.15, 0.2) is 48.9 Å². The molecule has 0 spiro atoms. The van der Waals surface area contributed by atoms with Crippen LogP contribution in [0, 0.1) is 5.92 Å². The van der Waals surface area contributed by atoms with E-state index in [-0.39, 0.29) is 0 Å². The van der Waals surface area contributed by atoms with Crippen molar-refractivity contribution in [3.63, 3.8) is 0 Å². The summed E-state index contributed by atoms with van der Waals surface area (Å²) in [6.07, 6.45) is 7.40. The van der Waals surface area contributed by atoms with Gasteiger partial charge in [-0.1, -0.05) is 30.3 Å². The van der Waals surface area contributed by atoms with Crippen molar-refractivity contribution in [3.05, 3.63) is 54.5 Å². The number of hydrogen-bond acceptors (Lipinski definition) is 3. The molecule has 1 aromatic carbocycles. The van der Waals surface area contributed by atoms with Gasteiger partial charge in [0.05, 0.1) is 5.39 Å². The second-order valence-corrected chi connectivity index (χ2v) is 6.48. The summed E-state index contributed by atoms with van der Waals surface area (Å²) >= 11 is 0. The largest absolute Gasteiger partial charge is 0.356 e. The number of nitrogens with zero attached hydrogens (tertiary/aromatic N) is 4. The summed E-state index contributed by atoms with van der Waals surface area (Å²) in [4.78, 5) is 11.4. The van der Waals surface area contributed by atoms with Crippen LogP contribution < -0.4 is 4.90 Å². The van der Waals surface area contributed by atoms with Gasteiger partial charge in [0.2, 0.25) is 0 Å². The Morgan fingerprint density at radius 2 is 1.83 bits per heavy atom. The zero-order valence-corrected chi connectivity index (χ0v) is 13.5. The van der Waals surface area contributed by atoms with Gasteiger partial charge in [-0.25, -0.2) is 9.97 Å². The molecule has 0 saturated carbocycles. The molecule has 0 radical (unpaired) electrons. The summed E-state index contributed by atoms with van der Waals surface area (Å²) in [7, 11) is 2.03. The Morgan fingerprint density at radius 3 is 2.61 bits per heavy atom. The van der Waals surface area contributed by atoms with Gasteiger partial charge >= 0.3 is 0 Å². The van der Waals surface area contributed by atoms with Gasteiger partial charge in [0, 0.05) is 26.3 Å². The van der Waals surface area contributed by atoms with Gasteiger partial charge in [-0.2, -0.15) is 0 Å². The first-order chi connectivity index (χ1) is 11.3. The van der Waals surface area contributed by atoms with Crippen molar-refractivity contribution in [3.8, 4) is 0 Å². The number of benzene rings is 1. The third-order valence-corrected chi connectivity index (χ3v) is 4.92. The maximum Gasteiger partial charge on any atom is 0.145 e. The summed E-state index contributed by atoms with van der Waals surface area (Å²) in [5, 5.41) is 1.16. The van der Waals surface area contributed by atoms with Crippen LogP contribution in [0.5, 0.6) is 0 Å². The van der Waals surface area contributed by atoms with Crippen LogP contribution in [-0.4, -0.2) is 27.6 Å². The lowest BCUT2D eigenvalue weighted by molar-refractivity contribution is 0.402. The minimum Gasteiger partial charge on any atom is -0.356 e. The van der Waals surface area contributed by atoms with Crippen molar-refractivity contribution >= 4 is 16.9 Å². The van der Waals surface area contributed by atoms with Gasteiger partial charge in [0.25, 0.3) is 0 Å². The summed E-state index contributed by atoms with van der Waals surface area (Å²) in [5.41, 5.74) is 2.47. The quantitative estimate of drug-likeness (QED) is 0.743. The number of aromatic nitrogens is 3. The van der Waals surface area contributed by atoms with Crippen molar-refractivity contribution in [2.45, 2.75) is 19.3 Å². The summed E-state index contributed by atoms with van der Waals surface area (Å²) in [6.45, 7) is 2.16. The predicted octanol–water partition coefficient (Wildman–Crippen LogP) is 3.43. The van der Waals surface area contributed by atoms with Crippen LogP contribution in [0.25, 0.3) is 11.0 Å². The zero-order chi connectivity index (χ0) is 15.6. The minimum absolute atomic E-state index is 0.779. The van der Waals surface area contributed by atoms with Gasteiger partial charge < -0.3 is 9.47 Å². The summed E-state index contributed by atoms with van der Waals surface area (Å²) in [5.74, 6) is 1.87. The summed E-state index contributed by atoms with van der Waals surface area (Å²) in [6, 6.07) is 13.0. The molecule has 1 saturated heterocycles. The first-order valence-corrected chi connectivity index (χ1v) is 8.36. The van der Waals surface area contributed by atoms with Crippen LogP contribution in [0.2, 0.25) is 0 Å². The SMILES string of the molecule is Cn1ccc2c(N3CCC(Cc4ccccc4)CC3)ncnc21. The molecule has 2 aromatic heterocycles. The third-order valence-electron chi connectivity index (χ3n) is 4.92. The monoisotopic (exact) mass is 306 g/mol. The Bertz CT molecular complexity index is 785. The number of aryl methyl sites for hydroxylation is 1. The Hall–Kier alpha value is -2.36. The fraction of sp³-hybridized carbons (Fsp3) is 0.368. The van der Waals surface area contributed by atoms with E-state index in [0.29, 0.717) is 0 Å². The lowest BCUT2D eigenvalue weighted by atomic mass is 9.90. The fourth-order valence-corrected chi connectivity index (χ4v) is 3.61. The van der Waals surface area contributed by atoms with E-state index in [9.17, 15) is 0 Å². The molecular weight excluding hydrogens is 284 g/mol. The molecule has 4 nitrogen and oxygen atoms in total. The zero-order valence-electron chi connectivity index (χ0n) is 13.5. The third kappa shape index (κ3) is 2.81. The van der Waals surface area contributed by atoms with Crippen molar-refractivity contribution in [1.29, 1.82) is 0 Å². The van der Waals surface area contributed by atoms with Crippen LogP contribution in [0.1, 0.15) is 18.4 Å². The van der Waals surface area contributed by atoms with Crippen LogP contribution in [0.4, 0.5) is 5.82 Å². The fourth-order valence-electron chi connectivity index (χ4n) is 3.61. The van der Waals surface area contributed by atoms with E-state index in [1.165, 1.54) is 24.8 Å². The van der Waals surface area contributed by atoms with Gasteiger partial charge in [0.1, 0.15) is 17.8 Å². The maximum atomic E-state index is 4.55. The molecule has 1 fully saturated rings. The molecule has 4 rings (SSSR count). The van der Waals surface area contributed by atoms with Crippen molar-refractivity contribution < 1.29 is 0 Å². The molecule has 0 N–H and O–H groups in total. The summed E-state index contributed by atoms with van der Waals surface area (Å²) < 4.78 is 2.06. The average Bonchev–Trinajstić information content (AvgIpc) is 2.98. The molecule has 0 aliphatic carbocycles. The Kier molecular flexibility index (Phi) is 3.74. The number of fused-ring (bicyclic) bond motifs is 1. The number of hydrogen-bond donors (Lipinski definition) is 0. The van der Waals surface area contributed by atoms with Gasteiger partial charge in [-0.15, -0.1) is 0 Å². The van der Waals surface area contributed by atoms with E-state index >= 15 is 0 Å². The molecule has 0 amide bonds. The van der Waals surface area contributed by atoms with E-state index in [1.807, 2.05) is 7.05 Å². The molecule has 0 bridgehead atoms. The van der Waals surface area contributed by atoms with Crippen LogP contribution >= 0.6 is 0 Å². The van der Waals surface area contributed by atoms with Crippen LogP contribution in [0.3, 0.4) is 0 Å². The molecule has 3 heterocycles. The molecule has 1 aliphatic rings. The van der Waals surface area contributed by atoms with Gasteiger partial charge in [0.15, 0.2) is 0 Å². The average molecular weight is 306 g/mol. The Morgan fingerprint density at radius 1 is 1.04 bits per heavy atom. The van der Waals surface area contributed by atoms with Crippen molar-refractivity contribution in [2.24, 2.45) is 13.0 Å². The molecule has 0 unspecified atom stereocenters. The standard InChI is InChI=1S/C19H22N4/c1-22-10-9-17-18(22)20-14-21-19(17)23-11-7-16(8-12-23)13-15-5-3-2-4-6-15/h2-6,9-10,14,16H,7-8,11-13H2,1H3. The molecule has 23 heavy (non-hydrogen) atoms. The maximum absolute atomic E-state index is 4.55. The normalized spacial score (nSPS) is 16.1. The number of rotatable bonds is 3. The van der Waals surface area contributed by atoms with E-state index in [4.69, 9.17) is 0 Å².